The van der Waals surface area contributed by atoms with E-state index in [1.54, 1.807) is 0 Å². The Balaban J connectivity index is 1.70. The monoisotopic (exact) mass is 310 g/mol. The van der Waals surface area contributed by atoms with Gasteiger partial charge in [-0.3, -0.25) is 9.69 Å². The normalized spacial score (nSPS) is 29.4. The molecule has 8 heteroatoms. The van der Waals surface area contributed by atoms with Crippen molar-refractivity contribution in [1.82, 2.24) is 9.80 Å². The Morgan fingerprint density at radius 3 is 2.73 bits per heavy atom. The molecule has 0 aromatic heterocycles. The van der Waals surface area contributed by atoms with E-state index in [0.29, 0.717) is 32.2 Å². The van der Waals surface area contributed by atoms with E-state index < -0.39 is 5.03 Å². The molecule has 0 aromatic carbocycles. The molecular weight excluding hydrogens is 288 g/mol. The highest BCUT2D eigenvalue weighted by Gasteiger charge is 2.42. The highest BCUT2D eigenvalue weighted by molar-refractivity contribution is 5.99. The van der Waals surface area contributed by atoms with Crippen LogP contribution in [-0.2, 0) is 9.53 Å². The predicted octanol–water partition coefficient (Wildman–Crippen LogP) is 0.903. The van der Waals surface area contributed by atoms with Crippen molar-refractivity contribution < 1.29 is 14.6 Å². The van der Waals surface area contributed by atoms with Crippen LogP contribution in [0.2, 0.25) is 0 Å². The fourth-order valence-corrected chi connectivity index (χ4v) is 3.30. The molecule has 1 saturated carbocycles. The van der Waals surface area contributed by atoms with Gasteiger partial charge >= 0.3 is 0 Å². The third-order valence-electron chi connectivity index (χ3n) is 4.45. The summed E-state index contributed by atoms with van der Waals surface area (Å²) in [5, 5.41) is 13.6. The first-order valence-corrected chi connectivity index (χ1v) is 7.79. The Hall–Kier alpha value is -1.70. The molecule has 8 nitrogen and oxygen atoms in total. The summed E-state index contributed by atoms with van der Waals surface area (Å²) in [7, 11) is 0. The molecule has 2 aliphatic heterocycles. The van der Waals surface area contributed by atoms with E-state index in [-0.39, 0.29) is 23.4 Å². The molecule has 1 atom stereocenters. The highest BCUT2D eigenvalue weighted by Crippen LogP contribution is 2.33. The number of ether oxygens (including phenoxy) is 1. The van der Waals surface area contributed by atoms with E-state index in [0.717, 1.165) is 19.3 Å². The van der Waals surface area contributed by atoms with Gasteiger partial charge in [-0.15, -0.1) is 0 Å². The molecule has 0 N–H and O–H groups in total. The molecule has 22 heavy (non-hydrogen) atoms. The second-order valence-corrected chi connectivity index (χ2v) is 6.99. The number of hydrazone groups is 1. The molecule has 122 valence electrons. The predicted molar refractivity (Wildman–Crippen MR) is 78.6 cm³/mol. The SMILES string of the molecule is CC1(C)CC(CN2CCN(C(=O)C3CC3)C2=N[N+](=O)[O-])CO1. The standard InChI is InChI=1S/C14H22N4O4/c1-14(2)7-10(9-22-14)8-16-5-6-17(12(19)11-3-4-11)13(16)15-18(20)21/h10-11H,3-9H2,1-2H3. The Morgan fingerprint density at radius 2 is 2.18 bits per heavy atom. The molecule has 2 saturated heterocycles. The highest BCUT2D eigenvalue weighted by atomic mass is 16.7. The minimum Gasteiger partial charge on any atom is -0.375 e. The van der Waals surface area contributed by atoms with Crippen LogP contribution in [0.3, 0.4) is 0 Å². The number of guanidine groups is 1. The molecule has 0 radical (unpaired) electrons. The summed E-state index contributed by atoms with van der Waals surface area (Å²) in [6.07, 6.45) is 2.67. The molecule has 0 bridgehead atoms. The quantitative estimate of drug-likeness (QED) is 0.568. The van der Waals surface area contributed by atoms with E-state index in [9.17, 15) is 14.9 Å². The van der Waals surface area contributed by atoms with Crippen molar-refractivity contribution >= 4 is 11.9 Å². The molecule has 0 aromatic rings. The molecule has 3 aliphatic rings. The summed E-state index contributed by atoms with van der Waals surface area (Å²) in [4.78, 5) is 26.4. The van der Waals surface area contributed by atoms with Gasteiger partial charge in [0.1, 0.15) is 5.10 Å². The van der Waals surface area contributed by atoms with Crippen molar-refractivity contribution in [2.75, 3.05) is 26.2 Å². The van der Waals surface area contributed by atoms with Gasteiger partial charge in [0.05, 0.1) is 12.2 Å². The van der Waals surface area contributed by atoms with Crippen molar-refractivity contribution in [3.05, 3.63) is 10.1 Å². The molecule has 1 amide bonds. The lowest BCUT2D eigenvalue weighted by atomic mass is 9.97. The van der Waals surface area contributed by atoms with Gasteiger partial charge in [0, 0.05) is 31.5 Å². The van der Waals surface area contributed by atoms with Crippen molar-refractivity contribution in [3.63, 3.8) is 0 Å². The number of rotatable bonds is 4. The van der Waals surface area contributed by atoms with E-state index in [1.165, 1.54) is 4.90 Å². The van der Waals surface area contributed by atoms with Crippen LogP contribution in [0.5, 0.6) is 0 Å². The number of hydrogen-bond acceptors (Lipinski definition) is 4. The molecule has 2 heterocycles. The first-order valence-electron chi connectivity index (χ1n) is 7.79. The van der Waals surface area contributed by atoms with Crippen molar-refractivity contribution in [2.45, 2.75) is 38.7 Å². The number of nitro groups is 1. The average Bonchev–Trinajstić information content (AvgIpc) is 3.13. The maximum atomic E-state index is 12.3. The Morgan fingerprint density at radius 1 is 1.45 bits per heavy atom. The Bertz CT molecular complexity index is 515. The second-order valence-electron chi connectivity index (χ2n) is 6.99. The zero-order valence-corrected chi connectivity index (χ0v) is 13.0. The average molecular weight is 310 g/mol. The maximum Gasteiger partial charge on any atom is 0.280 e. The van der Waals surface area contributed by atoms with E-state index in [2.05, 4.69) is 5.10 Å². The first kappa shape index (κ1) is 15.2. The van der Waals surface area contributed by atoms with Crippen LogP contribution >= 0.6 is 0 Å². The van der Waals surface area contributed by atoms with Crippen molar-refractivity contribution in [3.8, 4) is 0 Å². The molecule has 1 aliphatic carbocycles. The van der Waals surface area contributed by atoms with Crippen LogP contribution in [0.1, 0.15) is 33.1 Å². The smallest absolute Gasteiger partial charge is 0.280 e. The topological polar surface area (TPSA) is 88.3 Å². The van der Waals surface area contributed by atoms with Gasteiger partial charge in [-0.1, -0.05) is 0 Å². The molecule has 3 fully saturated rings. The fraction of sp³-hybridized carbons (Fsp3) is 0.857. The van der Waals surface area contributed by atoms with Crippen molar-refractivity contribution in [1.29, 1.82) is 0 Å². The molecule has 1 unspecified atom stereocenters. The van der Waals surface area contributed by atoms with Crippen LogP contribution in [0.4, 0.5) is 0 Å². The van der Waals surface area contributed by atoms with Gasteiger partial charge in [-0.05, 0) is 33.1 Å². The largest absolute Gasteiger partial charge is 0.375 e. The summed E-state index contributed by atoms with van der Waals surface area (Å²) < 4.78 is 5.72. The van der Waals surface area contributed by atoms with Crippen LogP contribution in [-0.4, -0.2) is 58.5 Å². The summed E-state index contributed by atoms with van der Waals surface area (Å²) in [5.41, 5.74) is -0.145. The van der Waals surface area contributed by atoms with E-state index in [4.69, 9.17) is 4.74 Å². The maximum absolute atomic E-state index is 12.3. The number of hydrogen-bond donors (Lipinski definition) is 0. The van der Waals surface area contributed by atoms with E-state index >= 15 is 0 Å². The Labute approximate surface area is 129 Å². The number of nitrogens with zero attached hydrogens (tertiary/aromatic N) is 4. The Kier molecular flexibility index (Phi) is 3.80. The van der Waals surface area contributed by atoms with Gasteiger partial charge in [-0.2, -0.15) is 0 Å². The number of carbonyl (C=O) groups excluding carboxylic acids is 1. The first-order chi connectivity index (χ1) is 10.4. The second kappa shape index (κ2) is 5.49. The van der Waals surface area contributed by atoms with Gasteiger partial charge in [0.25, 0.3) is 5.96 Å². The van der Waals surface area contributed by atoms with Gasteiger partial charge in [0.2, 0.25) is 5.91 Å². The van der Waals surface area contributed by atoms with Crippen LogP contribution in [0, 0.1) is 22.0 Å². The molecule has 0 spiro atoms. The zero-order valence-electron chi connectivity index (χ0n) is 13.0. The lowest BCUT2D eigenvalue weighted by Crippen LogP contribution is -2.41. The van der Waals surface area contributed by atoms with Gasteiger partial charge in [0.15, 0.2) is 5.03 Å². The van der Waals surface area contributed by atoms with Crippen LogP contribution in [0.25, 0.3) is 0 Å². The molecular formula is C14H22N4O4. The van der Waals surface area contributed by atoms with Crippen molar-refractivity contribution in [2.24, 2.45) is 16.9 Å². The lowest BCUT2D eigenvalue weighted by Gasteiger charge is -2.22. The van der Waals surface area contributed by atoms with Gasteiger partial charge < -0.3 is 9.64 Å². The number of carbonyl (C=O) groups is 1. The van der Waals surface area contributed by atoms with Crippen LogP contribution in [0.15, 0.2) is 5.10 Å². The molecule has 3 rings (SSSR count). The fourth-order valence-electron chi connectivity index (χ4n) is 3.30. The minimum absolute atomic E-state index is 0.0221. The van der Waals surface area contributed by atoms with E-state index in [1.807, 2.05) is 18.7 Å². The minimum atomic E-state index is -0.712. The third kappa shape index (κ3) is 3.21. The summed E-state index contributed by atoms with van der Waals surface area (Å²) in [6, 6.07) is 0. The lowest BCUT2D eigenvalue weighted by molar-refractivity contribution is -0.486. The van der Waals surface area contributed by atoms with Gasteiger partial charge in [-0.25, -0.2) is 10.1 Å². The third-order valence-corrected chi connectivity index (χ3v) is 4.45. The summed E-state index contributed by atoms with van der Waals surface area (Å²) in [5.74, 6) is 0.520. The number of amides is 1. The van der Waals surface area contributed by atoms with Crippen LogP contribution < -0.4 is 0 Å². The summed E-state index contributed by atoms with van der Waals surface area (Å²) in [6.45, 7) is 6.47. The zero-order chi connectivity index (χ0) is 15.9. The summed E-state index contributed by atoms with van der Waals surface area (Å²) >= 11 is 0.